The van der Waals surface area contributed by atoms with Gasteiger partial charge in [-0.1, -0.05) is 12.1 Å². The van der Waals surface area contributed by atoms with Crippen molar-refractivity contribution in [2.75, 3.05) is 20.1 Å². The van der Waals surface area contributed by atoms with Crippen LogP contribution in [0, 0.1) is 5.92 Å². The van der Waals surface area contributed by atoms with Gasteiger partial charge in [-0.2, -0.15) is 21.5 Å². The van der Waals surface area contributed by atoms with E-state index < -0.39 is 16.8 Å². The molecule has 7 nitrogen and oxygen atoms in total. The fourth-order valence-corrected chi connectivity index (χ4v) is 3.52. The van der Waals surface area contributed by atoms with Crippen molar-refractivity contribution in [3.8, 4) is 5.75 Å². The molecule has 0 bridgehead atoms. The summed E-state index contributed by atoms with van der Waals surface area (Å²) in [5, 5.41) is 5.08. The Morgan fingerprint density at radius 1 is 1.32 bits per heavy atom. The highest BCUT2D eigenvalue weighted by Crippen LogP contribution is 2.22. The second-order valence-electron chi connectivity index (χ2n) is 5.94. The van der Waals surface area contributed by atoms with Crippen molar-refractivity contribution in [1.29, 1.82) is 0 Å². The number of halogens is 2. The van der Waals surface area contributed by atoms with Gasteiger partial charge >= 0.3 is 6.61 Å². The smallest absolute Gasteiger partial charge is 0.387 e. The van der Waals surface area contributed by atoms with Gasteiger partial charge in [0, 0.05) is 32.6 Å². The number of rotatable bonds is 6. The van der Waals surface area contributed by atoms with E-state index >= 15 is 0 Å². The Kier molecular flexibility index (Phi) is 6.31. The third kappa shape index (κ3) is 5.62. The van der Waals surface area contributed by atoms with E-state index in [9.17, 15) is 22.0 Å². The molecule has 0 aromatic heterocycles. The number of nitrogens with zero attached hydrogens (tertiary/aromatic N) is 2. The minimum Gasteiger partial charge on any atom is -0.435 e. The molecule has 2 N–H and O–H groups in total. The van der Waals surface area contributed by atoms with Crippen LogP contribution >= 0.6 is 0 Å². The van der Waals surface area contributed by atoms with Crippen LogP contribution in [0.5, 0.6) is 5.75 Å². The predicted molar refractivity (Wildman–Crippen MR) is 87.0 cm³/mol. The molecule has 2 rings (SSSR count). The minimum absolute atomic E-state index is 0.0584. The van der Waals surface area contributed by atoms with Gasteiger partial charge in [0.15, 0.2) is 0 Å². The van der Waals surface area contributed by atoms with Crippen LogP contribution in [0.4, 0.5) is 8.78 Å². The first kappa shape index (κ1) is 19.5. The van der Waals surface area contributed by atoms with Gasteiger partial charge in [0.1, 0.15) is 5.75 Å². The monoisotopic (exact) mass is 377 g/mol. The number of alkyl halides is 2. The average molecular weight is 377 g/mol. The van der Waals surface area contributed by atoms with E-state index in [1.165, 1.54) is 16.4 Å². The van der Waals surface area contributed by atoms with Gasteiger partial charge < -0.3 is 9.64 Å². The van der Waals surface area contributed by atoms with Crippen molar-refractivity contribution in [1.82, 2.24) is 9.21 Å². The molecule has 0 spiro atoms. The summed E-state index contributed by atoms with van der Waals surface area (Å²) in [5.41, 5.74) is 0.777. The number of hydrogen-bond donors (Lipinski definition) is 1. The number of carbonyl (C=O) groups is 1. The Hall–Kier alpha value is -1.78. The third-order valence-corrected chi connectivity index (χ3v) is 5.19. The van der Waals surface area contributed by atoms with Crippen molar-refractivity contribution >= 4 is 16.1 Å². The molecule has 1 aromatic rings. The topological polar surface area (TPSA) is 92.9 Å². The van der Waals surface area contributed by atoms with E-state index in [-0.39, 0.29) is 30.7 Å². The van der Waals surface area contributed by atoms with Crippen LogP contribution in [0.25, 0.3) is 0 Å². The molecular formula is C15H21F2N3O4S. The summed E-state index contributed by atoms with van der Waals surface area (Å²) in [4.78, 5) is 14.0. The molecule has 0 aliphatic carbocycles. The second-order valence-corrected chi connectivity index (χ2v) is 7.48. The van der Waals surface area contributed by atoms with Crippen LogP contribution < -0.4 is 9.88 Å². The molecule has 1 aromatic carbocycles. The highest BCUT2D eigenvalue weighted by atomic mass is 32.2. The van der Waals surface area contributed by atoms with Crippen LogP contribution in [-0.4, -0.2) is 50.3 Å². The summed E-state index contributed by atoms with van der Waals surface area (Å²) in [6.07, 6.45) is 0.835. The zero-order valence-corrected chi connectivity index (χ0v) is 14.6. The van der Waals surface area contributed by atoms with E-state index in [1.807, 2.05) is 0 Å². The molecule has 0 atom stereocenters. The molecule has 1 fully saturated rings. The highest BCUT2D eigenvalue weighted by molar-refractivity contribution is 7.86. The van der Waals surface area contributed by atoms with E-state index in [2.05, 4.69) is 4.74 Å². The molecule has 0 unspecified atom stereocenters. The maximum Gasteiger partial charge on any atom is 0.387 e. The zero-order chi connectivity index (χ0) is 18.6. The minimum atomic E-state index is -3.71. The van der Waals surface area contributed by atoms with Gasteiger partial charge in [0.25, 0.3) is 10.2 Å². The van der Waals surface area contributed by atoms with Crippen molar-refractivity contribution in [2.45, 2.75) is 26.0 Å². The summed E-state index contributed by atoms with van der Waals surface area (Å²) in [7, 11) is -2.06. The Bertz CT molecular complexity index is 689. The maximum atomic E-state index is 12.5. The lowest BCUT2D eigenvalue weighted by atomic mass is 9.96. The number of piperidine rings is 1. The van der Waals surface area contributed by atoms with E-state index in [1.54, 1.807) is 24.1 Å². The number of hydrogen-bond acceptors (Lipinski definition) is 4. The fourth-order valence-electron chi connectivity index (χ4n) is 2.80. The molecule has 1 amide bonds. The quantitative estimate of drug-likeness (QED) is 0.805. The number of carbonyl (C=O) groups excluding carboxylic acids is 1. The van der Waals surface area contributed by atoms with Crippen molar-refractivity contribution in [3.63, 3.8) is 0 Å². The van der Waals surface area contributed by atoms with Crippen LogP contribution in [0.1, 0.15) is 18.4 Å². The zero-order valence-electron chi connectivity index (χ0n) is 13.8. The number of ether oxygens (including phenoxy) is 1. The molecule has 1 aliphatic heterocycles. The summed E-state index contributed by atoms with van der Waals surface area (Å²) in [6.45, 7) is -2.10. The lowest BCUT2D eigenvalue weighted by molar-refractivity contribution is -0.135. The van der Waals surface area contributed by atoms with Crippen molar-refractivity contribution in [2.24, 2.45) is 11.1 Å². The van der Waals surface area contributed by atoms with Crippen molar-refractivity contribution < 1.29 is 26.7 Å². The summed E-state index contributed by atoms with van der Waals surface area (Å²) in [5.74, 6) is -0.283. The SMILES string of the molecule is CN(Cc1ccc(OC(F)F)cc1)C(=O)C1CCN(S(N)(=O)=O)CC1. The standard InChI is InChI=1S/C15H21F2N3O4S/c1-19(10-11-2-4-13(5-3-11)24-15(16)17)14(21)12-6-8-20(9-7-12)25(18,22)23/h2-5,12,15H,6-10H2,1H3,(H2,18,22,23). The maximum absolute atomic E-state index is 12.5. The molecule has 140 valence electrons. The Labute approximate surface area is 145 Å². The third-order valence-electron chi connectivity index (χ3n) is 4.11. The molecule has 0 saturated carbocycles. The molecule has 10 heteroatoms. The van der Waals surface area contributed by atoms with Crippen molar-refractivity contribution in [3.05, 3.63) is 29.8 Å². The Morgan fingerprint density at radius 3 is 2.36 bits per heavy atom. The fraction of sp³-hybridized carbons (Fsp3) is 0.533. The van der Waals surface area contributed by atoms with Crippen LogP contribution in [0.2, 0.25) is 0 Å². The number of nitrogens with two attached hydrogens (primary N) is 1. The summed E-state index contributed by atoms with van der Waals surface area (Å²) >= 11 is 0. The van der Waals surface area contributed by atoms with Gasteiger partial charge in [0.05, 0.1) is 0 Å². The number of amides is 1. The van der Waals surface area contributed by atoms with Gasteiger partial charge in [-0.3, -0.25) is 4.79 Å². The molecule has 1 aliphatic rings. The summed E-state index contributed by atoms with van der Waals surface area (Å²) < 4.78 is 52.2. The van der Waals surface area contributed by atoms with Gasteiger partial charge in [-0.15, -0.1) is 0 Å². The molecule has 25 heavy (non-hydrogen) atoms. The van der Waals surface area contributed by atoms with Gasteiger partial charge in [0.2, 0.25) is 5.91 Å². The largest absolute Gasteiger partial charge is 0.435 e. The molecule has 0 radical (unpaired) electrons. The average Bonchev–Trinajstić information content (AvgIpc) is 2.55. The van der Waals surface area contributed by atoms with Crippen LogP contribution in [0.15, 0.2) is 24.3 Å². The second kappa shape index (κ2) is 8.07. The van der Waals surface area contributed by atoms with Crippen LogP contribution in [-0.2, 0) is 21.5 Å². The normalized spacial score (nSPS) is 16.8. The summed E-state index contributed by atoms with van der Waals surface area (Å²) in [6, 6.07) is 6.07. The van der Waals surface area contributed by atoms with E-state index in [4.69, 9.17) is 5.14 Å². The van der Waals surface area contributed by atoms with Crippen LogP contribution in [0.3, 0.4) is 0 Å². The first-order valence-electron chi connectivity index (χ1n) is 7.73. The predicted octanol–water partition coefficient (Wildman–Crippen LogP) is 1.16. The van der Waals surface area contributed by atoms with E-state index in [0.29, 0.717) is 19.4 Å². The lowest BCUT2D eigenvalue weighted by Crippen LogP contribution is -2.45. The first-order chi connectivity index (χ1) is 11.7. The first-order valence-corrected chi connectivity index (χ1v) is 9.23. The van der Waals surface area contributed by atoms with E-state index in [0.717, 1.165) is 5.56 Å². The van der Waals surface area contributed by atoms with Gasteiger partial charge in [-0.05, 0) is 30.5 Å². The Balaban J connectivity index is 1.88. The number of benzene rings is 1. The van der Waals surface area contributed by atoms with Gasteiger partial charge in [-0.25, -0.2) is 5.14 Å². The molecule has 1 heterocycles. The lowest BCUT2D eigenvalue weighted by Gasteiger charge is -2.31. The molecular weight excluding hydrogens is 356 g/mol. The highest BCUT2D eigenvalue weighted by Gasteiger charge is 2.30. The Morgan fingerprint density at radius 2 is 1.88 bits per heavy atom. The molecule has 1 saturated heterocycles.